The van der Waals surface area contributed by atoms with Gasteiger partial charge in [0.05, 0.1) is 11.1 Å². The van der Waals surface area contributed by atoms with E-state index in [-0.39, 0.29) is 11.8 Å². The Bertz CT molecular complexity index is 1580. The number of anilines is 4. The second-order valence-corrected chi connectivity index (χ2v) is 9.87. The third-order valence-corrected chi connectivity index (χ3v) is 7.49. The van der Waals surface area contributed by atoms with Gasteiger partial charge in [0.1, 0.15) is 12.3 Å². The van der Waals surface area contributed by atoms with E-state index >= 15 is 0 Å². The highest BCUT2D eigenvalue weighted by Crippen LogP contribution is 2.39. The van der Waals surface area contributed by atoms with Gasteiger partial charge in [-0.1, -0.05) is 84.9 Å². The highest BCUT2D eigenvalue weighted by molar-refractivity contribution is 6.13. The predicted octanol–water partition coefficient (Wildman–Crippen LogP) is 7.23. The van der Waals surface area contributed by atoms with E-state index in [9.17, 15) is 9.59 Å². The minimum atomic E-state index is -0.397. The first-order valence-corrected chi connectivity index (χ1v) is 13.3. The van der Waals surface area contributed by atoms with Crippen LogP contribution in [0.25, 0.3) is 0 Å². The van der Waals surface area contributed by atoms with Gasteiger partial charge in [-0.15, -0.1) is 0 Å². The van der Waals surface area contributed by atoms with Crippen LogP contribution in [0, 0.1) is 0 Å². The zero-order chi connectivity index (χ0) is 27.1. The van der Waals surface area contributed by atoms with Crippen molar-refractivity contribution in [1.82, 2.24) is 0 Å². The van der Waals surface area contributed by atoms with Gasteiger partial charge in [0.25, 0.3) is 11.8 Å². The highest BCUT2D eigenvalue weighted by atomic mass is 16.2. The molecule has 194 valence electrons. The molecule has 0 saturated heterocycles. The molecule has 0 aromatic heterocycles. The molecule has 2 amide bonds. The molecule has 2 aliphatic rings. The molecule has 2 heterocycles. The van der Waals surface area contributed by atoms with E-state index in [4.69, 9.17) is 0 Å². The lowest BCUT2D eigenvalue weighted by Gasteiger charge is -2.39. The minimum Gasteiger partial charge on any atom is -0.360 e. The molecule has 0 fully saturated rings. The molecular formula is C34H26N4O2. The first-order valence-electron chi connectivity index (χ1n) is 13.3. The van der Waals surface area contributed by atoms with Crippen LogP contribution in [-0.2, 0) is 0 Å². The molecule has 0 saturated carbocycles. The lowest BCUT2D eigenvalue weighted by molar-refractivity contribution is 0.0966. The smallest absolute Gasteiger partial charge is 0.262 e. The Morgan fingerprint density at radius 3 is 1.18 bits per heavy atom. The van der Waals surface area contributed by atoms with Crippen LogP contribution in [0.5, 0.6) is 0 Å². The van der Waals surface area contributed by atoms with Crippen LogP contribution in [0.1, 0.15) is 44.2 Å². The molecular weight excluding hydrogens is 496 g/mol. The first-order chi connectivity index (χ1) is 19.7. The average Bonchev–Trinajstić information content (AvgIpc) is 3.02. The van der Waals surface area contributed by atoms with E-state index < -0.39 is 12.3 Å². The maximum Gasteiger partial charge on any atom is 0.262 e. The topological polar surface area (TPSA) is 64.7 Å². The molecule has 0 spiro atoms. The van der Waals surface area contributed by atoms with Gasteiger partial charge in [-0.25, -0.2) is 0 Å². The number of hydrogen-bond acceptors (Lipinski definition) is 4. The fraction of sp³-hybridized carbons (Fsp3) is 0.0588. The van der Waals surface area contributed by atoms with Crippen LogP contribution in [0.3, 0.4) is 0 Å². The van der Waals surface area contributed by atoms with Crippen LogP contribution >= 0.6 is 0 Å². The molecule has 2 aliphatic heterocycles. The van der Waals surface area contributed by atoms with Gasteiger partial charge >= 0.3 is 0 Å². The van der Waals surface area contributed by atoms with Crippen LogP contribution in [0.2, 0.25) is 0 Å². The summed E-state index contributed by atoms with van der Waals surface area (Å²) in [5, 5.41) is 7.14. The fourth-order valence-electron chi connectivity index (χ4n) is 5.54. The monoisotopic (exact) mass is 522 g/mol. The van der Waals surface area contributed by atoms with Crippen molar-refractivity contribution in [2.75, 3.05) is 20.4 Å². The van der Waals surface area contributed by atoms with Crippen LogP contribution in [-0.4, -0.2) is 11.8 Å². The number of carbonyl (C=O) groups excluding carboxylic acids is 2. The Balaban J connectivity index is 1.28. The molecule has 6 nitrogen and oxygen atoms in total. The second-order valence-electron chi connectivity index (χ2n) is 9.87. The SMILES string of the molecule is O=C1c2ccccc2N[C@@H](c2ccc([C@@H]3Nc4ccccc4C(=O)N3c3ccccc3)cc2)N1c1ccccc1. The highest BCUT2D eigenvalue weighted by Gasteiger charge is 2.36. The summed E-state index contributed by atoms with van der Waals surface area (Å²) in [5.74, 6) is -0.109. The standard InChI is InChI=1S/C34H26N4O2/c39-33-27-15-7-9-17-29(27)35-31(37(33)25-11-3-1-4-12-25)23-19-21-24(22-20-23)32-36-30-18-10-8-16-28(30)34(40)38(32)26-13-5-2-6-14-26/h1-22,31-32,35-36H/t31-,32-/m1/s1. The number of nitrogens with one attached hydrogen (secondary N) is 2. The van der Waals surface area contributed by atoms with E-state index in [1.165, 1.54) is 0 Å². The van der Waals surface area contributed by atoms with Crippen molar-refractivity contribution in [2.45, 2.75) is 12.3 Å². The van der Waals surface area contributed by atoms with Crippen molar-refractivity contribution >= 4 is 34.6 Å². The van der Waals surface area contributed by atoms with E-state index in [2.05, 4.69) is 10.6 Å². The van der Waals surface area contributed by atoms with E-state index in [1.807, 2.05) is 133 Å². The lowest BCUT2D eigenvalue weighted by Crippen LogP contribution is -2.43. The Labute approximate surface area is 232 Å². The number of hydrogen-bond donors (Lipinski definition) is 2. The molecule has 0 bridgehead atoms. The summed E-state index contributed by atoms with van der Waals surface area (Å²) < 4.78 is 0. The van der Waals surface area contributed by atoms with Crippen molar-refractivity contribution in [2.24, 2.45) is 0 Å². The van der Waals surface area contributed by atoms with Crippen molar-refractivity contribution in [3.63, 3.8) is 0 Å². The molecule has 0 unspecified atom stereocenters. The van der Waals surface area contributed by atoms with Crippen molar-refractivity contribution in [3.05, 3.63) is 156 Å². The zero-order valence-electron chi connectivity index (χ0n) is 21.6. The quantitative estimate of drug-likeness (QED) is 0.261. The van der Waals surface area contributed by atoms with Gasteiger partial charge in [-0.2, -0.15) is 0 Å². The van der Waals surface area contributed by atoms with E-state index in [0.29, 0.717) is 11.1 Å². The Morgan fingerprint density at radius 1 is 0.425 bits per heavy atom. The molecule has 6 heteroatoms. The largest absolute Gasteiger partial charge is 0.360 e. The Kier molecular flexibility index (Phi) is 5.78. The molecule has 2 atom stereocenters. The summed E-state index contributed by atoms with van der Waals surface area (Å²) in [6.45, 7) is 0. The van der Waals surface area contributed by atoms with Crippen LogP contribution in [0.15, 0.2) is 133 Å². The van der Waals surface area contributed by atoms with Gasteiger partial charge in [0, 0.05) is 22.7 Å². The van der Waals surface area contributed by atoms with E-state index in [1.54, 1.807) is 9.80 Å². The summed E-state index contributed by atoms with van der Waals surface area (Å²) in [6.07, 6.45) is -0.795. The maximum absolute atomic E-state index is 13.7. The second kappa shape index (κ2) is 9.75. The zero-order valence-corrected chi connectivity index (χ0v) is 21.6. The number of rotatable bonds is 4. The van der Waals surface area contributed by atoms with Gasteiger partial charge in [-0.05, 0) is 59.7 Å². The molecule has 0 radical (unpaired) electrons. The van der Waals surface area contributed by atoms with Gasteiger partial charge < -0.3 is 10.6 Å². The van der Waals surface area contributed by atoms with E-state index in [0.717, 1.165) is 33.9 Å². The maximum atomic E-state index is 13.7. The molecule has 5 aromatic rings. The lowest BCUT2D eigenvalue weighted by atomic mass is 9.99. The number of carbonyl (C=O) groups is 2. The predicted molar refractivity (Wildman–Crippen MR) is 159 cm³/mol. The molecule has 40 heavy (non-hydrogen) atoms. The number of benzene rings is 5. The van der Waals surface area contributed by atoms with Crippen LogP contribution in [0.4, 0.5) is 22.7 Å². The normalized spacial score (nSPS) is 17.9. The van der Waals surface area contributed by atoms with Gasteiger partial charge in [0.15, 0.2) is 0 Å². The number of para-hydroxylation sites is 4. The van der Waals surface area contributed by atoms with Crippen molar-refractivity contribution in [3.8, 4) is 0 Å². The molecule has 0 aliphatic carbocycles. The summed E-state index contributed by atoms with van der Waals surface area (Å²) in [7, 11) is 0. The molecule has 7 rings (SSSR count). The van der Waals surface area contributed by atoms with Crippen LogP contribution < -0.4 is 20.4 Å². The summed E-state index contributed by atoms with van der Waals surface area (Å²) in [4.78, 5) is 31.0. The van der Waals surface area contributed by atoms with Crippen molar-refractivity contribution < 1.29 is 9.59 Å². The Morgan fingerprint density at radius 2 is 0.775 bits per heavy atom. The summed E-state index contributed by atoms with van der Waals surface area (Å²) in [6, 6.07) is 42.7. The van der Waals surface area contributed by atoms with Gasteiger partial charge in [-0.3, -0.25) is 19.4 Å². The average molecular weight is 523 g/mol. The third-order valence-electron chi connectivity index (χ3n) is 7.49. The number of amides is 2. The molecule has 2 N–H and O–H groups in total. The summed E-state index contributed by atoms with van der Waals surface area (Å²) >= 11 is 0. The van der Waals surface area contributed by atoms with Gasteiger partial charge in [0.2, 0.25) is 0 Å². The Hall–Kier alpha value is -5.36. The molecule has 5 aromatic carbocycles. The summed E-state index contributed by atoms with van der Waals surface area (Å²) in [5.41, 5.74) is 6.39. The number of fused-ring (bicyclic) bond motifs is 2. The number of nitrogens with zero attached hydrogens (tertiary/aromatic N) is 2. The van der Waals surface area contributed by atoms with Crippen molar-refractivity contribution in [1.29, 1.82) is 0 Å². The first kappa shape index (κ1) is 23.7. The minimum absolute atomic E-state index is 0.0546. The fourth-order valence-corrected chi connectivity index (χ4v) is 5.54. The third kappa shape index (κ3) is 3.98.